The summed E-state index contributed by atoms with van der Waals surface area (Å²) >= 11 is 0. The predicted octanol–water partition coefficient (Wildman–Crippen LogP) is 2.15. The Labute approximate surface area is 161 Å². The van der Waals surface area contributed by atoms with Crippen LogP contribution in [-0.2, 0) is 14.3 Å². The van der Waals surface area contributed by atoms with Gasteiger partial charge >= 0.3 is 0 Å². The molecule has 0 bridgehead atoms. The zero-order valence-electron chi connectivity index (χ0n) is 15.4. The van der Waals surface area contributed by atoms with Crippen molar-refractivity contribution in [2.45, 2.75) is 5.92 Å². The number of hydrogen-bond acceptors (Lipinski definition) is 7. The lowest BCUT2D eigenvalue weighted by atomic mass is 9.98. The predicted molar refractivity (Wildman–Crippen MR) is 102 cm³/mol. The van der Waals surface area contributed by atoms with E-state index in [1.165, 1.54) is 6.33 Å². The fourth-order valence-electron chi connectivity index (χ4n) is 3.18. The number of carbonyl (C=O) groups excluding carboxylic acids is 1. The molecule has 0 aliphatic carbocycles. The molecule has 8 nitrogen and oxygen atoms in total. The molecule has 1 aliphatic heterocycles. The summed E-state index contributed by atoms with van der Waals surface area (Å²) in [6, 6.07) is 9.19. The van der Waals surface area contributed by atoms with Crippen molar-refractivity contribution in [2.75, 3.05) is 38.9 Å². The van der Waals surface area contributed by atoms with E-state index in [0.29, 0.717) is 49.1 Å². The van der Waals surface area contributed by atoms with E-state index >= 15 is 0 Å². The maximum atomic E-state index is 12.5. The van der Waals surface area contributed by atoms with Crippen LogP contribution in [0.25, 0.3) is 10.9 Å². The average molecular weight is 380 g/mol. The molecular weight excluding hydrogens is 360 g/mol. The lowest BCUT2D eigenvalue weighted by Crippen LogP contribution is -2.15. The number of carbonyl (C=O) groups is 1. The van der Waals surface area contributed by atoms with E-state index in [4.69, 9.17) is 14.2 Å². The zero-order chi connectivity index (χ0) is 19.3. The second-order valence-electron chi connectivity index (χ2n) is 6.25. The molecule has 28 heavy (non-hydrogen) atoms. The van der Waals surface area contributed by atoms with Gasteiger partial charge in [-0.15, -0.1) is 0 Å². The monoisotopic (exact) mass is 380 g/mol. The molecule has 0 radical (unpaired) electrons. The van der Waals surface area contributed by atoms with Gasteiger partial charge in [-0.25, -0.2) is 9.97 Å². The number of rotatable bonds is 8. The second kappa shape index (κ2) is 8.28. The van der Waals surface area contributed by atoms with Crippen molar-refractivity contribution in [3.63, 3.8) is 0 Å². The number of amides is 1. The topological polar surface area (TPSA) is 95.5 Å². The summed E-state index contributed by atoms with van der Waals surface area (Å²) < 4.78 is 16.0. The number of nitrogens with one attached hydrogen (secondary N) is 1. The van der Waals surface area contributed by atoms with Gasteiger partial charge in [0, 0.05) is 24.8 Å². The molecule has 0 spiro atoms. The molecule has 1 amide bonds. The molecule has 0 fully saturated rings. The number of ether oxygens (including phenoxy) is 3. The third-order valence-corrected chi connectivity index (χ3v) is 4.47. The molecule has 4 rings (SSSR count). The second-order valence-corrected chi connectivity index (χ2v) is 6.25. The molecule has 1 unspecified atom stereocenters. The van der Waals surface area contributed by atoms with Crippen molar-refractivity contribution in [1.82, 2.24) is 15.0 Å². The molecule has 3 heterocycles. The van der Waals surface area contributed by atoms with Gasteiger partial charge in [-0.1, -0.05) is 0 Å². The van der Waals surface area contributed by atoms with Crippen molar-refractivity contribution in [1.29, 1.82) is 0 Å². The van der Waals surface area contributed by atoms with Crippen LogP contribution in [0.3, 0.4) is 0 Å². The average Bonchev–Trinajstić information content (AvgIpc) is 3.05. The van der Waals surface area contributed by atoms with Crippen molar-refractivity contribution < 1.29 is 19.0 Å². The van der Waals surface area contributed by atoms with Crippen molar-refractivity contribution in [3.05, 3.63) is 54.2 Å². The Morgan fingerprint density at radius 1 is 1.04 bits per heavy atom. The molecule has 144 valence electrons. The van der Waals surface area contributed by atoms with E-state index in [-0.39, 0.29) is 5.91 Å². The summed E-state index contributed by atoms with van der Waals surface area (Å²) in [6.45, 7) is 1.99. The largest absolute Gasteiger partial charge is 0.491 e. The van der Waals surface area contributed by atoms with Crippen molar-refractivity contribution in [2.24, 2.45) is 0 Å². The number of pyridine rings is 1. The third-order valence-electron chi connectivity index (χ3n) is 4.47. The maximum Gasteiger partial charge on any atom is 0.239 e. The van der Waals surface area contributed by atoms with Gasteiger partial charge in [0.1, 0.15) is 24.6 Å². The van der Waals surface area contributed by atoms with E-state index in [2.05, 4.69) is 20.3 Å². The summed E-state index contributed by atoms with van der Waals surface area (Å²) in [5.74, 6) is -0.00761. The molecule has 2 aromatic heterocycles. The van der Waals surface area contributed by atoms with E-state index in [9.17, 15) is 4.79 Å². The highest BCUT2D eigenvalue weighted by molar-refractivity contribution is 6.06. The number of anilines is 1. The summed E-state index contributed by atoms with van der Waals surface area (Å²) in [6.07, 6.45) is 3.14. The first-order valence-electron chi connectivity index (χ1n) is 8.98. The minimum absolute atomic E-state index is 0.137. The highest BCUT2D eigenvalue weighted by atomic mass is 16.5. The number of methoxy groups -OCH3 is 1. The maximum absolute atomic E-state index is 12.5. The summed E-state index contributed by atoms with van der Waals surface area (Å²) in [4.78, 5) is 25.6. The number of benzene rings is 1. The van der Waals surface area contributed by atoms with Crippen LogP contribution in [0.15, 0.2) is 42.9 Å². The van der Waals surface area contributed by atoms with E-state index in [0.717, 1.165) is 11.1 Å². The molecule has 8 heteroatoms. The first-order valence-corrected chi connectivity index (χ1v) is 8.98. The summed E-state index contributed by atoms with van der Waals surface area (Å²) in [5, 5.41) is 3.66. The van der Waals surface area contributed by atoms with Gasteiger partial charge in [0.2, 0.25) is 5.91 Å². The first kappa shape index (κ1) is 18.3. The Morgan fingerprint density at radius 2 is 1.93 bits per heavy atom. The van der Waals surface area contributed by atoms with Gasteiger partial charge in [-0.05, 0) is 24.3 Å². The van der Waals surface area contributed by atoms with Crippen LogP contribution in [-0.4, -0.2) is 54.4 Å². The van der Waals surface area contributed by atoms with Crippen LogP contribution in [0, 0.1) is 0 Å². The quantitative estimate of drug-likeness (QED) is 0.598. The molecular formula is C20H20N4O4. The Balaban J connectivity index is 1.54. The lowest BCUT2D eigenvalue weighted by Gasteiger charge is -2.12. The van der Waals surface area contributed by atoms with E-state index in [1.807, 2.05) is 24.3 Å². The van der Waals surface area contributed by atoms with Gasteiger partial charge in [-0.2, -0.15) is 0 Å². The van der Waals surface area contributed by atoms with Crippen LogP contribution in [0.4, 0.5) is 5.69 Å². The number of hydrogen-bond donors (Lipinski definition) is 1. The molecule has 0 saturated heterocycles. The van der Waals surface area contributed by atoms with Crippen molar-refractivity contribution in [3.8, 4) is 5.75 Å². The van der Waals surface area contributed by atoms with Gasteiger partial charge < -0.3 is 19.5 Å². The fourth-order valence-corrected chi connectivity index (χ4v) is 3.18. The van der Waals surface area contributed by atoms with E-state index < -0.39 is 5.92 Å². The molecule has 1 atom stereocenters. The van der Waals surface area contributed by atoms with Gasteiger partial charge in [0.05, 0.1) is 42.4 Å². The standard InChI is InChI=1S/C20H20N4O4/c1-26-7-8-27-9-10-28-13-4-5-14-16(11-13)22-12-23-18(14)17-19-15(24-20(17)25)3-2-6-21-19/h2-6,11-12,17H,7-10H2,1H3,(H,24,25). The SMILES string of the molecule is COCCOCCOc1ccc2c(C3C(=O)Nc4cccnc43)ncnc2c1. The van der Waals surface area contributed by atoms with Crippen molar-refractivity contribution >= 4 is 22.5 Å². The molecule has 1 aliphatic rings. The number of aromatic nitrogens is 3. The smallest absolute Gasteiger partial charge is 0.239 e. The number of fused-ring (bicyclic) bond motifs is 2. The van der Waals surface area contributed by atoms with Crippen LogP contribution in [0.2, 0.25) is 0 Å². The normalized spacial score (nSPS) is 15.5. The molecule has 0 saturated carbocycles. The van der Waals surface area contributed by atoms with Gasteiger partial charge in [-0.3, -0.25) is 9.78 Å². The van der Waals surface area contributed by atoms with Crippen LogP contribution >= 0.6 is 0 Å². The summed E-state index contributed by atoms with van der Waals surface area (Å²) in [5.41, 5.74) is 2.74. The number of nitrogens with zero attached hydrogens (tertiary/aromatic N) is 3. The Kier molecular flexibility index (Phi) is 5.41. The third kappa shape index (κ3) is 3.64. The highest BCUT2D eigenvalue weighted by Crippen LogP contribution is 2.37. The highest BCUT2D eigenvalue weighted by Gasteiger charge is 2.35. The minimum atomic E-state index is -0.553. The molecule has 3 aromatic rings. The van der Waals surface area contributed by atoms with Crippen LogP contribution in [0.5, 0.6) is 5.75 Å². The van der Waals surface area contributed by atoms with Gasteiger partial charge in [0.15, 0.2) is 0 Å². The molecule has 1 aromatic carbocycles. The minimum Gasteiger partial charge on any atom is -0.491 e. The van der Waals surface area contributed by atoms with Crippen LogP contribution < -0.4 is 10.1 Å². The first-order chi connectivity index (χ1) is 13.8. The molecule has 1 N–H and O–H groups in total. The van der Waals surface area contributed by atoms with E-state index in [1.54, 1.807) is 19.4 Å². The van der Waals surface area contributed by atoms with Crippen LogP contribution in [0.1, 0.15) is 17.3 Å². The Hall–Kier alpha value is -3.10. The Morgan fingerprint density at radius 3 is 2.82 bits per heavy atom. The zero-order valence-corrected chi connectivity index (χ0v) is 15.4. The fraction of sp³-hybridized carbons (Fsp3) is 0.300. The summed E-state index contributed by atoms with van der Waals surface area (Å²) in [7, 11) is 1.63. The lowest BCUT2D eigenvalue weighted by molar-refractivity contribution is -0.116. The van der Waals surface area contributed by atoms with Gasteiger partial charge in [0.25, 0.3) is 0 Å². The Bertz CT molecular complexity index is 995.